The standard InChI is InChI=1S/C18H27ClN2O4S/c1-13-10-18(14(2)9-15(13)19)26(22,23)21-11-16-17(12-21)25-8-6-20(16)5-4-7-24-3/h9-10,16-17H,4-8,11-12H2,1-3H3/t16-,17-/m0/s1. The quantitative estimate of drug-likeness (QED) is 0.682. The van der Waals surface area contributed by atoms with E-state index in [2.05, 4.69) is 4.90 Å². The van der Waals surface area contributed by atoms with Crippen LogP contribution in [0.5, 0.6) is 0 Å². The third kappa shape index (κ3) is 3.93. The number of ether oxygens (including phenoxy) is 2. The maximum absolute atomic E-state index is 13.2. The Kier molecular flexibility index (Phi) is 6.26. The molecule has 0 aliphatic carbocycles. The summed E-state index contributed by atoms with van der Waals surface area (Å²) in [4.78, 5) is 2.67. The third-order valence-electron chi connectivity index (χ3n) is 5.25. The average molecular weight is 403 g/mol. The van der Waals surface area contributed by atoms with Crippen LogP contribution in [0.3, 0.4) is 0 Å². The van der Waals surface area contributed by atoms with Crippen molar-refractivity contribution in [2.75, 3.05) is 46.5 Å². The zero-order valence-corrected chi connectivity index (χ0v) is 17.1. The number of methoxy groups -OCH3 is 1. The molecule has 0 N–H and O–H groups in total. The predicted molar refractivity (Wildman–Crippen MR) is 101 cm³/mol. The number of aryl methyl sites for hydroxylation is 2. The number of nitrogens with zero attached hydrogens (tertiary/aromatic N) is 2. The Balaban J connectivity index is 1.79. The average Bonchev–Trinajstić information content (AvgIpc) is 3.04. The maximum Gasteiger partial charge on any atom is 0.243 e. The number of halogens is 1. The normalized spacial score (nSPS) is 24.8. The molecule has 0 unspecified atom stereocenters. The lowest BCUT2D eigenvalue weighted by Gasteiger charge is -2.36. The first-order valence-corrected chi connectivity index (χ1v) is 10.8. The lowest BCUT2D eigenvalue weighted by atomic mass is 10.1. The highest BCUT2D eigenvalue weighted by atomic mass is 35.5. The van der Waals surface area contributed by atoms with E-state index in [9.17, 15) is 8.42 Å². The van der Waals surface area contributed by atoms with Crippen molar-refractivity contribution in [2.24, 2.45) is 0 Å². The van der Waals surface area contributed by atoms with E-state index in [1.807, 2.05) is 6.92 Å². The first kappa shape index (κ1) is 20.0. The summed E-state index contributed by atoms with van der Waals surface area (Å²) in [5, 5.41) is 0.587. The molecule has 8 heteroatoms. The summed E-state index contributed by atoms with van der Waals surface area (Å²) in [5.41, 5.74) is 1.44. The van der Waals surface area contributed by atoms with Crippen molar-refractivity contribution in [1.82, 2.24) is 9.21 Å². The van der Waals surface area contributed by atoms with E-state index in [1.165, 1.54) is 0 Å². The van der Waals surface area contributed by atoms with Crippen LogP contribution >= 0.6 is 11.6 Å². The fourth-order valence-electron chi connectivity index (χ4n) is 3.78. The molecule has 0 aromatic heterocycles. The Bertz CT molecular complexity index is 756. The van der Waals surface area contributed by atoms with Crippen molar-refractivity contribution in [3.05, 3.63) is 28.3 Å². The SMILES string of the molecule is COCCCN1CCO[C@H]2CN(S(=O)(=O)c3cc(C)c(Cl)cc3C)C[C@@H]21. The molecule has 1 aromatic carbocycles. The van der Waals surface area contributed by atoms with Crippen LogP contribution in [0.25, 0.3) is 0 Å². The van der Waals surface area contributed by atoms with Crippen LogP contribution in [-0.2, 0) is 19.5 Å². The lowest BCUT2D eigenvalue weighted by Crippen LogP contribution is -2.51. The largest absolute Gasteiger partial charge is 0.385 e. The molecular weight excluding hydrogens is 376 g/mol. The minimum absolute atomic E-state index is 0.0743. The fourth-order valence-corrected chi connectivity index (χ4v) is 5.76. The van der Waals surface area contributed by atoms with Gasteiger partial charge in [-0.25, -0.2) is 8.42 Å². The summed E-state index contributed by atoms with van der Waals surface area (Å²) >= 11 is 6.13. The highest BCUT2D eigenvalue weighted by Crippen LogP contribution is 2.31. The molecule has 2 atom stereocenters. The van der Waals surface area contributed by atoms with Crippen molar-refractivity contribution in [3.63, 3.8) is 0 Å². The molecule has 0 spiro atoms. The van der Waals surface area contributed by atoms with Gasteiger partial charge in [-0.15, -0.1) is 0 Å². The van der Waals surface area contributed by atoms with Gasteiger partial charge in [-0.1, -0.05) is 11.6 Å². The molecule has 2 fully saturated rings. The second kappa shape index (κ2) is 8.12. The smallest absolute Gasteiger partial charge is 0.243 e. The van der Waals surface area contributed by atoms with Crippen molar-refractivity contribution < 1.29 is 17.9 Å². The molecule has 26 heavy (non-hydrogen) atoms. The van der Waals surface area contributed by atoms with Gasteiger partial charge in [-0.2, -0.15) is 4.31 Å². The number of morpholine rings is 1. The van der Waals surface area contributed by atoms with E-state index < -0.39 is 10.0 Å². The number of benzene rings is 1. The molecule has 6 nitrogen and oxygen atoms in total. The van der Waals surface area contributed by atoms with E-state index >= 15 is 0 Å². The monoisotopic (exact) mass is 402 g/mol. The van der Waals surface area contributed by atoms with E-state index in [4.69, 9.17) is 21.1 Å². The number of hydrogen-bond acceptors (Lipinski definition) is 5. The van der Waals surface area contributed by atoms with Crippen LogP contribution in [0.4, 0.5) is 0 Å². The predicted octanol–water partition coefficient (Wildman–Crippen LogP) is 2.07. The molecule has 2 aliphatic rings. The summed E-state index contributed by atoms with van der Waals surface area (Å²) < 4.78 is 39.0. The minimum Gasteiger partial charge on any atom is -0.385 e. The van der Waals surface area contributed by atoms with E-state index in [1.54, 1.807) is 30.5 Å². The molecule has 0 amide bonds. The molecule has 3 rings (SSSR count). The number of fused-ring (bicyclic) bond motifs is 1. The zero-order valence-electron chi connectivity index (χ0n) is 15.6. The van der Waals surface area contributed by atoms with E-state index in [0.717, 1.165) is 25.1 Å². The Labute approximate surface area is 161 Å². The van der Waals surface area contributed by atoms with Crippen LogP contribution < -0.4 is 0 Å². The summed E-state index contributed by atoms with van der Waals surface area (Å²) in [5.74, 6) is 0. The Morgan fingerprint density at radius 1 is 1.27 bits per heavy atom. The Hall–Kier alpha value is -0.700. The topological polar surface area (TPSA) is 59.1 Å². The molecule has 2 saturated heterocycles. The third-order valence-corrected chi connectivity index (χ3v) is 7.63. The highest BCUT2D eigenvalue weighted by Gasteiger charge is 2.44. The molecular formula is C18H27ClN2O4S. The van der Waals surface area contributed by atoms with Gasteiger partial charge in [0.1, 0.15) is 0 Å². The van der Waals surface area contributed by atoms with E-state index in [-0.39, 0.29) is 12.1 Å². The molecule has 146 valence electrons. The first-order chi connectivity index (χ1) is 12.3. The number of rotatable bonds is 6. The van der Waals surface area contributed by atoms with Crippen molar-refractivity contribution >= 4 is 21.6 Å². The Morgan fingerprint density at radius 3 is 2.77 bits per heavy atom. The van der Waals surface area contributed by atoms with Gasteiger partial charge in [-0.3, -0.25) is 4.90 Å². The van der Waals surface area contributed by atoms with Gasteiger partial charge in [0.25, 0.3) is 0 Å². The van der Waals surface area contributed by atoms with Gasteiger partial charge in [0, 0.05) is 44.9 Å². The summed E-state index contributed by atoms with van der Waals surface area (Å²) in [7, 11) is -1.88. The van der Waals surface area contributed by atoms with Crippen LogP contribution in [0.1, 0.15) is 17.5 Å². The maximum atomic E-state index is 13.2. The van der Waals surface area contributed by atoms with Gasteiger partial charge in [0.05, 0.1) is 23.6 Å². The van der Waals surface area contributed by atoms with Gasteiger partial charge < -0.3 is 9.47 Å². The number of sulfonamides is 1. The fraction of sp³-hybridized carbons (Fsp3) is 0.667. The molecule has 0 saturated carbocycles. The van der Waals surface area contributed by atoms with Gasteiger partial charge in [-0.05, 0) is 43.5 Å². The molecule has 1 aromatic rings. The van der Waals surface area contributed by atoms with Crippen LogP contribution in [-0.4, -0.2) is 76.3 Å². The van der Waals surface area contributed by atoms with Crippen LogP contribution in [0, 0.1) is 13.8 Å². The Morgan fingerprint density at radius 2 is 2.04 bits per heavy atom. The molecule has 0 radical (unpaired) electrons. The van der Waals surface area contributed by atoms with Crippen LogP contribution in [0.2, 0.25) is 5.02 Å². The van der Waals surface area contributed by atoms with Crippen LogP contribution in [0.15, 0.2) is 17.0 Å². The summed E-state index contributed by atoms with van der Waals surface area (Å²) in [6, 6.07) is 3.50. The first-order valence-electron chi connectivity index (χ1n) is 8.96. The van der Waals surface area contributed by atoms with Crippen molar-refractivity contribution in [2.45, 2.75) is 37.3 Å². The summed E-state index contributed by atoms with van der Waals surface area (Å²) in [6.07, 6.45) is 0.858. The second-order valence-corrected chi connectivity index (χ2v) is 9.36. The molecule has 2 heterocycles. The van der Waals surface area contributed by atoms with Gasteiger partial charge in [0.2, 0.25) is 10.0 Å². The lowest BCUT2D eigenvalue weighted by molar-refractivity contribution is -0.0485. The second-order valence-electron chi connectivity index (χ2n) is 7.05. The molecule has 0 bridgehead atoms. The van der Waals surface area contributed by atoms with Gasteiger partial charge in [0.15, 0.2) is 0 Å². The zero-order chi connectivity index (χ0) is 18.9. The minimum atomic E-state index is -3.57. The number of hydrogen-bond donors (Lipinski definition) is 0. The highest BCUT2D eigenvalue weighted by molar-refractivity contribution is 7.89. The van der Waals surface area contributed by atoms with Crippen molar-refractivity contribution in [3.8, 4) is 0 Å². The summed E-state index contributed by atoms with van der Waals surface area (Å²) in [6.45, 7) is 7.54. The molecule has 2 aliphatic heterocycles. The van der Waals surface area contributed by atoms with E-state index in [0.29, 0.717) is 41.8 Å². The van der Waals surface area contributed by atoms with Crippen molar-refractivity contribution in [1.29, 1.82) is 0 Å². The van der Waals surface area contributed by atoms with Gasteiger partial charge >= 0.3 is 0 Å².